The maximum absolute atomic E-state index is 5.27. The highest BCUT2D eigenvalue weighted by molar-refractivity contribution is 5.67. The topological polar surface area (TPSA) is 38.9 Å². The van der Waals surface area contributed by atoms with Crippen LogP contribution in [0.2, 0.25) is 0 Å². The van der Waals surface area contributed by atoms with Gasteiger partial charge in [0.05, 0.1) is 0 Å². The fraction of sp³-hybridized carbons (Fsp3) is 0.364. The van der Waals surface area contributed by atoms with E-state index >= 15 is 0 Å². The summed E-state index contributed by atoms with van der Waals surface area (Å²) in [5, 5.41) is 4.07. The smallest absolute Gasteiger partial charge is 0.226 e. The van der Waals surface area contributed by atoms with Crippen molar-refractivity contribution in [2.45, 2.75) is 52.4 Å². The summed E-state index contributed by atoms with van der Waals surface area (Å²) in [4.78, 5) is 4.44. The SMILES string of the molecule is CCCCCc1ccc(-c2ccc(-c3noc(CCC)n3)cc2)cc1. The number of aryl methyl sites for hydroxylation is 2. The lowest BCUT2D eigenvalue weighted by Gasteiger charge is -2.05. The van der Waals surface area contributed by atoms with E-state index in [1.54, 1.807) is 0 Å². The highest BCUT2D eigenvalue weighted by Gasteiger charge is 2.08. The summed E-state index contributed by atoms with van der Waals surface area (Å²) in [5.41, 5.74) is 4.86. The van der Waals surface area contributed by atoms with Crippen molar-refractivity contribution in [3.05, 3.63) is 60.0 Å². The van der Waals surface area contributed by atoms with Crippen LogP contribution in [0.25, 0.3) is 22.5 Å². The molecule has 130 valence electrons. The van der Waals surface area contributed by atoms with E-state index in [2.05, 4.69) is 72.5 Å². The number of rotatable bonds is 8. The zero-order valence-electron chi connectivity index (χ0n) is 15.2. The third-order valence-corrected chi connectivity index (χ3v) is 4.43. The van der Waals surface area contributed by atoms with E-state index in [0.29, 0.717) is 11.7 Å². The Hall–Kier alpha value is -2.42. The number of hydrogen-bond donors (Lipinski definition) is 0. The van der Waals surface area contributed by atoms with Gasteiger partial charge in [0.2, 0.25) is 11.7 Å². The van der Waals surface area contributed by atoms with E-state index in [9.17, 15) is 0 Å². The van der Waals surface area contributed by atoms with Gasteiger partial charge in [-0.2, -0.15) is 4.98 Å². The summed E-state index contributed by atoms with van der Waals surface area (Å²) in [6, 6.07) is 17.3. The minimum absolute atomic E-state index is 0.668. The average molecular weight is 334 g/mol. The van der Waals surface area contributed by atoms with E-state index in [4.69, 9.17) is 4.52 Å². The molecule has 25 heavy (non-hydrogen) atoms. The lowest BCUT2D eigenvalue weighted by atomic mass is 10.0. The molecular weight excluding hydrogens is 308 g/mol. The van der Waals surface area contributed by atoms with E-state index < -0.39 is 0 Å². The van der Waals surface area contributed by atoms with Crippen molar-refractivity contribution in [3.63, 3.8) is 0 Å². The first-order valence-corrected chi connectivity index (χ1v) is 9.32. The Morgan fingerprint density at radius 2 is 1.36 bits per heavy atom. The summed E-state index contributed by atoms with van der Waals surface area (Å²) >= 11 is 0. The number of unbranched alkanes of at least 4 members (excludes halogenated alkanes) is 2. The molecule has 0 saturated heterocycles. The van der Waals surface area contributed by atoms with Crippen LogP contribution in [-0.2, 0) is 12.8 Å². The summed E-state index contributed by atoms with van der Waals surface area (Å²) < 4.78 is 5.27. The summed E-state index contributed by atoms with van der Waals surface area (Å²) in [6.07, 6.45) is 6.86. The third kappa shape index (κ3) is 4.56. The molecule has 3 aromatic rings. The van der Waals surface area contributed by atoms with Crippen molar-refractivity contribution in [1.29, 1.82) is 0 Å². The molecular formula is C22H26N2O. The Morgan fingerprint density at radius 1 is 0.720 bits per heavy atom. The Bertz CT molecular complexity index is 773. The lowest BCUT2D eigenvalue weighted by Crippen LogP contribution is -1.87. The summed E-state index contributed by atoms with van der Waals surface area (Å²) in [7, 11) is 0. The van der Waals surface area contributed by atoms with Gasteiger partial charge in [-0.15, -0.1) is 0 Å². The van der Waals surface area contributed by atoms with Crippen LogP contribution in [0.5, 0.6) is 0 Å². The van der Waals surface area contributed by atoms with Gasteiger partial charge in [-0.1, -0.05) is 80.4 Å². The first kappa shape index (κ1) is 17.4. The normalized spacial score (nSPS) is 11.0. The average Bonchev–Trinajstić information content (AvgIpc) is 3.12. The highest BCUT2D eigenvalue weighted by atomic mass is 16.5. The summed E-state index contributed by atoms with van der Waals surface area (Å²) in [6.45, 7) is 4.35. The molecule has 3 nitrogen and oxygen atoms in total. The number of benzene rings is 2. The molecule has 0 unspecified atom stereocenters. The van der Waals surface area contributed by atoms with Gasteiger partial charge in [0.15, 0.2) is 0 Å². The molecule has 0 aliphatic rings. The monoisotopic (exact) mass is 334 g/mol. The Morgan fingerprint density at radius 3 is 2.00 bits per heavy atom. The Labute approximate surface area is 150 Å². The molecule has 0 saturated carbocycles. The largest absolute Gasteiger partial charge is 0.339 e. The van der Waals surface area contributed by atoms with Gasteiger partial charge >= 0.3 is 0 Å². The van der Waals surface area contributed by atoms with Gasteiger partial charge in [-0.3, -0.25) is 0 Å². The molecule has 0 bridgehead atoms. The van der Waals surface area contributed by atoms with Crippen LogP contribution in [0.1, 0.15) is 51.0 Å². The van der Waals surface area contributed by atoms with Gasteiger partial charge in [-0.05, 0) is 36.0 Å². The van der Waals surface area contributed by atoms with Crippen molar-refractivity contribution >= 4 is 0 Å². The first-order chi connectivity index (χ1) is 12.3. The molecule has 3 rings (SSSR count). The highest BCUT2D eigenvalue weighted by Crippen LogP contribution is 2.24. The minimum atomic E-state index is 0.668. The van der Waals surface area contributed by atoms with Crippen LogP contribution >= 0.6 is 0 Å². The van der Waals surface area contributed by atoms with E-state index in [0.717, 1.165) is 18.4 Å². The van der Waals surface area contributed by atoms with Crippen LogP contribution in [0.15, 0.2) is 53.1 Å². The maximum Gasteiger partial charge on any atom is 0.226 e. The molecule has 0 N–H and O–H groups in total. The van der Waals surface area contributed by atoms with Gasteiger partial charge in [0.1, 0.15) is 0 Å². The summed E-state index contributed by atoms with van der Waals surface area (Å²) in [5.74, 6) is 1.38. The predicted octanol–water partition coefficient (Wildman–Crippen LogP) is 6.09. The second kappa shape index (κ2) is 8.61. The van der Waals surface area contributed by atoms with E-state index in [-0.39, 0.29) is 0 Å². The van der Waals surface area contributed by atoms with Crippen molar-refractivity contribution in [3.8, 4) is 22.5 Å². The van der Waals surface area contributed by atoms with Crippen molar-refractivity contribution in [2.24, 2.45) is 0 Å². The fourth-order valence-corrected chi connectivity index (χ4v) is 2.94. The molecule has 0 aliphatic carbocycles. The van der Waals surface area contributed by atoms with Crippen molar-refractivity contribution in [2.75, 3.05) is 0 Å². The van der Waals surface area contributed by atoms with Gasteiger partial charge in [-0.25, -0.2) is 0 Å². The minimum Gasteiger partial charge on any atom is -0.339 e. The third-order valence-electron chi connectivity index (χ3n) is 4.43. The number of nitrogens with zero attached hydrogens (tertiary/aromatic N) is 2. The van der Waals surface area contributed by atoms with Gasteiger partial charge in [0, 0.05) is 12.0 Å². The molecule has 0 fully saturated rings. The van der Waals surface area contributed by atoms with Crippen molar-refractivity contribution < 1.29 is 4.52 Å². The molecule has 0 spiro atoms. The van der Waals surface area contributed by atoms with Crippen molar-refractivity contribution in [1.82, 2.24) is 10.1 Å². The standard InChI is InChI=1S/C22H26N2O/c1-3-5-6-8-17-9-11-18(12-10-17)19-13-15-20(16-14-19)22-23-21(7-4-2)25-24-22/h9-16H,3-8H2,1-2H3. The quantitative estimate of drug-likeness (QED) is 0.468. The maximum atomic E-state index is 5.27. The predicted molar refractivity (Wildman–Crippen MR) is 102 cm³/mol. The first-order valence-electron chi connectivity index (χ1n) is 9.32. The van der Waals surface area contributed by atoms with Crippen LogP contribution in [0.4, 0.5) is 0 Å². The Kier molecular flexibility index (Phi) is 5.99. The van der Waals surface area contributed by atoms with E-state index in [1.807, 2.05) is 0 Å². The van der Waals surface area contributed by atoms with Gasteiger partial charge < -0.3 is 4.52 Å². The van der Waals surface area contributed by atoms with Crippen LogP contribution in [0, 0.1) is 0 Å². The molecule has 0 atom stereocenters. The second-order valence-electron chi connectivity index (χ2n) is 6.49. The zero-order chi connectivity index (χ0) is 17.5. The molecule has 1 heterocycles. The lowest BCUT2D eigenvalue weighted by molar-refractivity contribution is 0.378. The van der Waals surface area contributed by atoms with Crippen LogP contribution < -0.4 is 0 Å². The molecule has 0 aliphatic heterocycles. The van der Waals surface area contributed by atoms with Gasteiger partial charge in [0.25, 0.3) is 0 Å². The zero-order valence-corrected chi connectivity index (χ0v) is 15.2. The number of hydrogen-bond acceptors (Lipinski definition) is 3. The Balaban J connectivity index is 1.69. The van der Waals surface area contributed by atoms with Crippen LogP contribution in [0.3, 0.4) is 0 Å². The molecule has 3 heteroatoms. The molecule has 0 amide bonds. The molecule has 2 aromatic carbocycles. The fourth-order valence-electron chi connectivity index (χ4n) is 2.94. The molecule has 1 aromatic heterocycles. The van der Waals surface area contributed by atoms with Crippen LogP contribution in [-0.4, -0.2) is 10.1 Å². The number of aromatic nitrogens is 2. The van der Waals surface area contributed by atoms with E-state index in [1.165, 1.54) is 42.4 Å². The second-order valence-corrected chi connectivity index (χ2v) is 6.49. The molecule has 0 radical (unpaired) electrons.